The number of piperidine rings is 1. The average Bonchev–Trinajstić information content (AvgIpc) is 3.13. The van der Waals surface area contributed by atoms with Crippen molar-refractivity contribution in [2.24, 2.45) is 5.92 Å². The van der Waals surface area contributed by atoms with Crippen molar-refractivity contribution in [3.63, 3.8) is 0 Å². The Kier molecular flexibility index (Phi) is 7.88. The van der Waals surface area contributed by atoms with Crippen molar-refractivity contribution in [1.82, 2.24) is 9.29 Å². The van der Waals surface area contributed by atoms with E-state index in [0.717, 1.165) is 0 Å². The number of hydrogen-bond acceptors (Lipinski definition) is 7. The van der Waals surface area contributed by atoms with Crippen LogP contribution < -0.4 is 14.8 Å². The van der Waals surface area contributed by atoms with Crippen LogP contribution in [0, 0.1) is 19.8 Å². The van der Waals surface area contributed by atoms with Gasteiger partial charge in [0.05, 0.1) is 32.4 Å². The molecule has 1 atom stereocenters. The smallest absolute Gasteiger partial charge is 0.341 e. The van der Waals surface area contributed by atoms with Crippen LogP contribution in [0.2, 0.25) is 0 Å². The Morgan fingerprint density at radius 2 is 1.91 bits per heavy atom. The molecule has 1 saturated heterocycles. The number of anilines is 1. The molecule has 10 nitrogen and oxygen atoms in total. The molecule has 1 aliphatic rings. The molecule has 0 radical (unpaired) electrons. The largest absolute Gasteiger partial charge is 0.497 e. The third-order valence-electron chi connectivity index (χ3n) is 5.82. The lowest BCUT2D eigenvalue weighted by Gasteiger charge is -2.31. The summed E-state index contributed by atoms with van der Waals surface area (Å²) in [7, 11) is -1.03. The fourth-order valence-electron chi connectivity index (χ4n) is 4.17. The number of esters is 1. The molecule has 0 saturated carbocycles. The second kappa shape index (κ2) is 10.5. The number of rotatable bonds is 8. The van der Waals surface area contributed by atoms with Gasteiger partial charge in [-0.1, -0.05) is 0 Å². The first-order valence-corrected chi connectivity index (χ1v) is 12.5. The number of amides is 1. The molecule has 34 heavy (non-hydrogen) atoms. The van der Waals surface area contributed by atoms with Gasteiger partial charge in [-0.2, -0.15) is 4.31 Å². The molecule has 2 aromatic rings. The van der Waals surface area contributed by atoms with E-state index in [1.54, 1.807) is 39.0 Å². The summed E-state index contributed by atoms with van der Waals surface area (Å²) >= 11 is 0. The minimum atomic E-state index is -4.05. The highest BCUT2D eigenvalue weighted by atomic mass is 32.2. The Balaban J connectivity index is 1.84. The first kappa shape index (κ1) is 25.6. The number of carbonyl (C=O) groups excluding carboxylic acids is 2. The van der Waals surface area contributed by atoms with Gasteiger partial charge in [-0.15, -0.1) is 0 Å². The lowest BCUT2D eigenvalue weighted by molar-refractivity contribution is -0.120. The molecule has 11 heteroatoms. The van der Waals surface area contributed by atoms with Crippen molar-refractivity contribution < 1.29 is 32.2 Å². The first-order chi connectivity index (χ1) is 16.1. The number of H-pyrrole nitrogens is 1. The summed E-state index contributed by atoms with van der Waals surface area (Å²) in [4.78, 5) is 28.4. The first-order valence-electron chi connectivity index (χ1n) is 11.0. The predicted molar refractivity (Wildman–Crippen MR) is 126 cm³/mol. The molecule has 1 fully saturated rings. The van der Waals surface area contributed by atoms with Gasteiger partial charge in [0.1, 0.15) is 22.0 Å². The summed E-state index contributed by atoms with van der Waals surface area (Å²) in [5.41, 5.74) is 1.26. The van der Waals surface area contributed by atoms with Gasteiger partial charge in [-0.05, 0) is 45.7 Å². The van der Waals surface area contributed by atoms with E-state index >= 15 is 0 Å². The predicted octanol–water partition coefficient (Wildman–Crippen LogP) is 2.86. The second-order valence-electron chi connectivity index (χ2n) is 8.06. The maximum atomic E-state index is 13.6. The molecular weight excluding hydrogens is 462 g/mol. The van der Waals surface area contributed by atoms with E-state index in [-0.39, 0.29) is 36.1 Å². The summed E-state index contributed by atoms with van der Waals surface area (Å²) in [6, 6.07) is 5.02. The molecule has 1 aromatic heterocycles. The number of nitrogens with zero attached hydrogens (tertiary/aromatic N) is 1. The Morgan fingerprint density at radius 3 is 2.56 bits per heavy atom. The summed E-state index contributed by atoms with van der Waals surface area (Å²) in [5, 5.41) is 2.83. The molecule has 0 bridgehead atoms. The highest BCUT2D eigenvalue weighted by molar-refractivity contribution is 7.89. The van der Waals surface area contributed by atoms with Crippen LogP contribution in [0.4, 0.5) is 5.69 Å². The van der Waals surface area contributed by atoms with E-state index in [1.807, 2.05) is 0 Å². The van der Waals surface area contributed by atoms with Crippen LogP contribution >= 0.6 is 0 Å². The van der Waals surface area contributed by atoms with E-state index in [9.17, 15) is 18.0 Å². The number of methoxy groups -OCH3 is 2. The average molecular weight is 494 g/mol. The minimum Gasteiger partial charge on any atom is -0.497 e. The lowest BCUT2D eigenvalue weighted by Crippen LogP contribution is -2.44. The van der Waals surface area contributed by atoms with Crippen molar-refractivity contribution in [3.05, 3.63) is 35.2 Å². The van der Waals surface area contributed by atoms with E-state index < -0.39 is 21.9 Å². The third-order valence-corrected chi connectivity index (χ3v) is 7.85. The van der Waals surface area contributed by atoms with Gasteiger partial charge in [-0.3, -0.25) is 4.79 Å². The van der Waals surface area contributed by atoms with Crippen LogP contribution in [0.25, 0.3) is 0 Å². The summed E-state index contributed by atoms with van der Waals surface area (Å²) in [6.07, 6.45) is 1.04. The number of nitrogens with one attached hydrogen (secondary N) is 2. The number of aryl methyl sites for hydroxylation is 2. The van der Waals surface area contributed by atoms with E-state index in [0.29, 0.717) is 41.4 Å². The Labute approximate surface area is 199 Å². The molecule has 2 N–H and O–H groups in total. The zero-order valence-corrected chi connectivity index (χ0v) is 20.9. The van der Waals surface area contributed by atoms with Crippen LogP contribution in [0.15, 0.2) is 23.1 Å². The molecule has 1 aliphatic heterocycles. The molecule has 1 amide bonds. The van der Waals surface area contributed by atoms with E-state index in [1.165, 1.54) is 18.5 Å². The minimum absolute atomic E-state index is 0.00142. The normalized spacial score (nSPS) is 16.7. The van der Waals surface area contributed by atoms with E-state index in [2.05, 4.69) is 10.3 Å². The number of sulfonamides is 1. The van der Waals surface area contributed by atoms with Crippen LogP contribution in [0.3, 0.4) is 0 Å². The Hall–Kier alpha value is -3.05. The summed E-state index contributed by atoms with van der Waals surface area (Å²) in [5.74, 6) is -0.552. The molecule has 0 unspecified atom stereocenters. The van der Waals surface area contributed by atoms with Crippen LogP contribution in [-0.4, -0.2) is 63.5 Å². The van der Waals surface area contributed by atoms with Gasteiger partial charge in [0.25, 0.3) is 0 Å². The fourth-order valence-corrected chi connectivity index (χ4v) is 6.11. The number of aromatic amines is 1. The van der Waals surface area contributed by atoms with Crippen molar-refractivity contribution >= 4 is 27.6 Å². The van der Waals surface area contributed by atoms with Gasteiger partial charge in [0, 0.05) is 30.5 Å². The molecule has 0 aliphatic carbocycles. The van der Waals surface area contributed by atoms with Crippen LogP contribution in [0.5, 0.6) is 11.5 Å². The molecule has 1 aromatic carbocycles. The maximum Gasteiger partial charge on any atom is 0.341 e. The lowest BCUT2D eigenvalue weighted by atomic mass is 9.98. The van der Waals surface area contributed by atoms with Gasteiger partial charge in [0.2, 0.25) is 15.9 Å². The molecule has 2 heterocycles. The van der Waals surface area contributed by atoms with Gasteiger partial charge < -0.3 is 24.5 Å². The van der Waals surface area contributed by atoms with Crippen LogP contribution in [0.1, 0.15) is 41.5 Å². The van der Waals surface area contributed by atoms with Crippen molar-refractivity contribution in [2.75, 3.05) is 39.2 Å². The monoisotopic (exact) mass is 493 g/mol. The molecular formula is C23H31N3O7S. The van der Waals surface area contributed by atoms with Gasteiger partial charge in [-0.25, -0.2) is 13.2 Å². The molecule has 3 rings (SSSR count). The zero-order chi connectivity index (χ0) is 25.0. The molecule has 186 valence electrons. The molecule has 0 spiro atoms. The number of benzene rings is 1. The quantitative estimate of drug-likeness (QED) is 0.541. The number of carbonyl (C=O) groups is 2. The van der Waals surface area contributed by atoms with E-state index in [4.69, 9.17) is 14.2 Å². The van der Waals surface area contributed by atoms with Crippen molar-refractivity contribution in [2.45, 2.75) is 38.5 Å². The second-order valence-corrected chi connectivity index (χ2v) is 9.93. The standard InChI is InChI=1S/C23H31N3O7S/c1-6-33-23(28)20-14(2)24-15(3)21(20)34(29,30)26-11-7-8-16(13-26)22(27)25-18-10-9-17(31-4)12-19(18)32-5/h9-10,12,16,24H,6-8,11,13H2,1-5H3,(H,25,27)/t16-/m1/s1. The van der Waals surface area contributed by atoms with Crippen LogP contribution in [-0.2, 0) is 19.6 Å². The Bertz CT molecular complexity index is 1170. The highest BCUT2D eigenvalue weighted by Crippen LogP contribution is 2.32. The fraction of sp³-hybridized carbons (Fsp3) is 0.478. The number of aromatic nitrogens is 1. The number of ether oxygens (including phenoxy) is 3. The van der Waals surface area contributed by atoms with Crippen molar-refractivity contribution in [3.8, 4) is 11.5 Å². The van der Waals surface area contributed by atoms with Gasteiger partial charge in [0.15, 0.2) is 0 Å². The van der Waals surface area contributed by atoms with Crippen molar-refractivity contribution in [1.29, 1.82) is 0 Å². The SMILES string of the molecule is CCOC(=O)c1c(C)[nH]c(C)c1S(=O)(=O)N1CCC[C@@H](C(=O)Nc2ccc(OC)cc2OC)C1. The zero-order valence-electron chi connectivity index (χ0n) is 20.1. The third kappa shape index (κ3) is 5.05. The number of hydrogen-bond donors (Lipinski definition) is 2. The maximum absolute atomic E-state index is 13.6. The van der Waals surface area contributed by atoms with Gasteiger partial charge >= 0.3 is 5.97 Å². The summed E-state index contributed by atoms with van der Waals surface area (Å²) < 4.78 is 44.0. The highest BCUT2D eigenvalue weighted by Gasteiger charge is 2.38. The Morgan fingerprint density at radius 1 is 1.18 bits per heavy atom. The topological polar surface area (TPSA) is 127 Å². The summed E-state index contributed by atoms with van der Waals surface area (Å²) in [6.45, 7) is 5.28.